The maximum atomic E-state index is 13.6. The van der Waals surface area contributed by atoms with Crippen LogP contribution in [-0.4, -0.2) is 34.0 Å². The van der Waals surface area contributed by atoms with Crippen LogP contribution >= 0.6 is 0 Å². The van der Waals surface area contributed by atoms with Crippen molar-refractivity contribution in [2.45, 2.75) is 53.5 Å². The molecule has 0 aliphatic heterocycles. The SMILES string of the molecule is CCOc1ccc(-n2c(C(CC)N(C)C(=O)CC(C)(C)C)nc3ccccc3c2=O)cc1. The molecule has 0 fully saturated rings. The molecule has 0 N–H and O–H groups in total. The maximum absolute atomic E-state index is 13.6. The van der Waals surface area contributed by atoms with E-state index >= 15 is 0 Å². The molecule has 1 heterocycles. The van der Waals surface area contributed by atoms with Crippen molar-refractivity contribution in [3.05, 3.63) is 64.7 Å². The Morgan fingerprint density at radius 1 is 1.09 bits per heavy atom. The van der Waals surface area contributed by atoms with Gasteiger partial charge in [-0.1, -0.05) is 39.8 Å². The normalized spacial score (nSPS) is 12.6. The van der Waals surface area contributed by atoms with Crippen molar-refractivity contribution >= 4 is 16.8 Å². The average Bonchev–Trinajstić information content (AvgIpc) is 2.74. The number of hydrogen-bond acceptors (Lipinski definition) is 4. The van der Waals surface area contributed by atoms with Gasteiger partial charge in [-0.15, -0.1) is 0 Å². The summed E-state index contributed by atoms with van der Waals surface area (Å²) in [5.41, 5.74) is 1.05. The van der Waals surface area contributed by atoms with Crippen molar-refractivity contribution < 1.29 is 9.53 Å². The number of benzene rings is 2. The monoisotopic (exact) mass is 435 g/mol. The van der Waals surface area contributed by atoms with Crippen molar-refractivity contribution in [3.63, 3.8) is 0 Å². The second-order valence-corrected chi connectivity index (χ2v) is 9.22. The molecule has 1 atom stereocenters. The van der Waals surface area contributed by atoms with E-state index in [1.165, 1.54) is 0 Å². The molecule has 0 aliphatic carbocycles. The number of fused-ring (bicyclic) bond motifs is 1. The van der Waals surface area contributed by atoms with E-state index in [0.717, 1.165) is 5.75 Å². The zero-order valence-corrected chi connectivity index (χ0v) is 19.9. The topological polar surface area (TPSA) is 64.4 Å². The second-order valence-electron chi connectivity index (χ2n) is 9.22. The van der Waals surface area contributed by atoms with Crippen LogP contribution in [0.4, 0.5) is 0 Å². The minimum absolute atomic E-state index is 0.0324. The van der Waals surface area contributed by atoms with Crippen molar-refractivity contribution in [1.29, 1.82) is 0 Å². The lowest BCUT2D eigenvalue weighted by molar-refractivity contribution is -0.134. The summed E-state index contributed by atoms with van der Waals surface area (Å²) in [6, 6.07) is 14.4. The molecule has 1 unspecified atom stereocenters. The number of nitrogens with zero attached hydrogens (tertiary/aromatic N) is 3. The van der Waals surface area contributed by atoms with Gasteiger partial charge in [-0.3, -0.25) is 14.2 Å². The average molecular weight is 436 g/mol. The van der Waals surface area contributed by atoms with Crippen LogP contribution in [0.5, 0.6) is 5.75 Å². The summed E-state index contributed by atoms with van der Waals surface area (Å²) in [5, 5.41) is 0.545. The Balaban J connectivity index is 2.18. The molecular formula is C26H33N3O3. The van der Waals surface area contributed by atoms with E-state index in [1.807, 2.05) is 77.1 Å². The van der Waals surface area contributed by atoms with Crippen molar-refractivity contribution in [1.82, 2.24) is 14.5 Å². The lowest BCUT2D eigenvalue weighted by Crippen LogP contribution is -2.37. The van der Waals surface area contributed by atoms with E-state index in [9.17, 15) is 9.59 Å². The Labute approximate surface area is 189 Å². The lowest BCUT2D eigenvalue weighted by Gasteiger charge is -2.31. The smallest absolute Gasteiger partial charge is 0.266 e. The molecule has 170 valence electrons. The predicted octanol–water partition coefficient (Wildman–Crippen LogP) is 5.13. The van der Waals surface area contributed by atoms with Gasteiger partial charge in [0.15, 0.2) is 0 Å². The number of amides is 1. The molecule has 6 heteroatoms. The molecule has 0 spiro atoms. The van der Waals surface area contributed by atoms with Gasteiger partial charge < -0.3 is 9.64 Å². The summed E-state index contributed by atoms with van der Waals surface area (Å²) in [4.78, 5) is 33.2. The first-order valence-electron chi connectivity index (χ1n) is 11.2. The summed E-state index contributed by atoms with van der Waals surface area (Å²) in [6.07, 6.45) is 1.05. The van der Waals surface area contributed by atoms with E-state index in [1.54, 1.807) is 22.6 Å². The van der Waals surface area contributed by atoms with E-state index in [0.29, 0.717) is 41.9 Å². The molecule has 0 bridgehead atoms. The fourth-order valence-electron chi connectivity index (χ4n) is 3.86. The van der Waals surface area contributed by atoms with Gasteiger partial charge in [0.05, 0.1) is 29.2 Å². The number of carbonyl (C=O) groups excluding carboxylic acids is 1. The van der Waals surface area contributed by atoms with Gasteiger partial charge in [0.25, 0.3) is 5.56 Å². The van der Waals surface area contributed by atoms with Crippen molar-refractivity contribution in [3.8, 4) is 11.4 Å². The number of ether oxygens (including phenoxy) is 1. The first kappa shape index (κ1) is 23.5. The van der Waals surface area contributed by atoms with E-state index in [2.05, 4.69) is 0 Å². The molecule has 2 aromatic carbocycles. The molecule has 32 heavy (non-hydrogen) atoms. The summed E-state index contributed by atoms with van der Waals surface area (Å²) in [5.74, 6) is 1.33. The molecular weight excluding hydrogens is 402 g/mol. The van der Waals surface area contributed by atoms with Crippen LogP contribution in [0.3, 0.4) is 0 Å². The molecule has 0 aliphatic rings. The summed E-state index contributed by atoms with van der Waals surface area (Å²) >= 11 is 0. The standard InChI is InChI=1S/C26H33N3O3/c1-7-22(28(6)23(30)17-26(3,4)5)24-27-21-12-10-9-11-20(21)25(31)29(24)18-13-15-19(16-14-18)32-8-2/h9-16,22H,7-8,17H2,1-6H3. The summed E-state index contributed by atoms with van der Waals surface area (Å²) < 4.78 is 7.19. The van der Waals surface area contributed by atoms with Crippen LogP contribution in [0.25, 0.3) is 16.6 Å². The van der Waals surface area contributed by atoms with Crippen molar-refractivity contribution in [2.75, 3.05) is 13.7 Å². The summed E-state index contributed by atoms with van der Waals surface area (Å²) in [7, 11) is 1.80. The predicted molar refractivity (Wildman–Crippen MR) is 128 cm³/mol. The number of para-hydroxylation sites is 1. The quantitative estimate of drug-likeness (QED) is 0.516. The molecule has 0 saturated carbocycles. The fraction of sp³-hybridized carbons (Fsp3) is 0.423. The van der Waals surface area contributed by atoms with Gasteiger partial charge in [0.2, 0.25) is 5.91 Å². The molecule has 0 saturated heterocycles. The largest absolute Gasteiger partial charge is 0.494 e. The zero-order valence-electron chi connectivity index (χ0n) is 19.9. The Bertz CT molecular complexity index is 1140. The highest BCUT2D eigenvalue weighted by molar-refractivity contribution is 5.79. The number of carbonyl (C=O) groups is 1. The van der Waals surface area contributed by atoms with E-state index in [4.69, 9.17) is 9.72 Å². The van der Waals surface area contributed by atoms with Crippen LogP contribution in [-0.2, 0) is 4.79 Å². The minimum Gasteiger partial charge on any atom is -0.494 e. The highest BCUT2D eigenvalue weighted by Crippen LogP contribution is 2.28. The molecule has 0 radical (unpaired) electrons. The van der Waals surface area contributed by atoms with Gasteiger partial charge in [-0.25, -0.2) is 4.98 Å². The molecule has 3 rings (SSSR count). The third-order valence-corrected chi connectivity index (χ3v) is 5.43. The molecule has 1 amide bonds. The van der Waals surface area contributed by atoms with Gasteiger partial charge >= 0.3 is 0 Å². The fourth-order valence-corrected chi connectivity index (χ4v) is 3.86. The lowest BCUT2D eigenvalue weighted by atomic mass is 9.91. The third kappa shape index (κ3) is 5.01. The first-order chi connectivity index (χ1) is 15.2. The van der Waals surface area contributed by atoms with Crippen molar-refractivity contribution in [2.24, 2.45) is 5.41 Å². The molecule has 6 nitrogen and oxygen atoms in total. The Hall–Kier alpha value is -3.15. The Morgan fingerprint density at radius 3 is 2.34 bits per heavy atom. The van der Waals surface area contributed by atoms with Gasteiger partial charge in [0.1, 0.15) is 11.6 Å². The van der Waals surface area contributed by atoms with Crippen LogP contribution in [0, 0.1) is 5.41 Å². The molecule has 3 aromatic rings. The van der Waals surface area contributed by atoms with Gasteiger partial charge in [0, 0.05) is 13.5 Å². The summed E-state index contributed by atoms with van der Waals surface area (Å²) in [6.45, 7) is 10.6. The third-order valence-electron chi connectivity index (χ3n) is 5.43. The van der Waals surface area contributed by atoms with Crippen LogP contribution < -0.4 is 10.3 Å². The van der Waals surface area contributed by atoms with E-state index in [-0.39, 0.29) is 22.9 Å². The van der Waals surface area contributed by atoms with Crippen LogP contribution in [0.1, 0.15) is 59.3 Å². The number of hydrogen-bond donors (Lipinski definition) is 0. The van der Waals surface area contributed by atoms with Gasteiger partial charge in [-0.05, 0) is 55.2 Å². The van der Waals surface area contributed by atoms with Crippen LogP contribution in [0.2, 0.25) is 0 Å². The first-order valence-corrected chi connectivity index (χ1v) is 11.2. The van der Waals surface area contributed by atoms with Crippen LogP contribution in [0.15, 0.2) is 53.3 Å². The maximum Gasteiger partial charge on any atom is 0.266 e. The minimum atomic E-state index is -0.339. The Kier molecular flexibility index (Phi) is 7.02. The second kappa shape index (κ2) is 9.55. The highest BCUT2D eigenvalue weighted by Gasteiger charge is 2.28. The Morgan fingerprint density at radius 2 is 1.75 bits per heavy atom. The van der Waals surface area contributed by atoms with E-state index < -0.39 is 0 Å². The highest BCUT2D eigenvalue weighted by atomic mass is 16.5. The zero-order chi connectivity index (χ0) is 23.5. The van der Waals surface area contributed by atoms with Gasteiger partial charge in [-0.2, -0.15) is 0 Å². The number of rotatable bonds is 7. The molecule has 1 aromatic heterocycles. The number of aromatic nitrogens is 2.